The molecule has 0 bridgehead atoms. The highest BCUT2D eigenvalue weighted by atomic mass is 16.5. The van der Waals surface area contributed by atoms with Gasteiger partial charge in [0.2, 0.25) is 0 Å². The largest absolute Gasteiger partial charge is 0.497 e. The van der Waals surface area contributed by atoms with Gasteiger partial charge in [0, 0.05) is 0 Å². The van der Waals surface area contributed by atoms with Crippen molar-refractivity contribution in [1.29, 1.82) is 0 Å². The van der Waals surface area contributed by atoms with Crippen molar-refractivity contribution in [2.24, 2.45) is 10.2 Å². The number of hydrogen-bond acceptors (Lipinski definition) is 8. The van der Waals surface area contributed by atoms with Crippen LogP contribution >= 0.6 is 0 Å². The number of hydrazone groups is 2. The van der Waals surface area contributed by atoms with Crippen molar-refractivity contribution in [3.63, 3.8) is 0 Å². The van der Waals surface area contributed by atoms with Gasteiger partial charge in [0.1, 0.15) is 23.0 Å². The summed E-state index contributed by atoms with van der Waals surface area (Å²) in [4.78, 5) is 23.8. The van der Waals surface area contributed by atoms with E-state index in [4.69, 9.17) is 18.9 Å². The zero-order valence-corrected chi connectivity index (χ0v) is 19.8. The second-order valence-corrected chi connectivity index (χ2v) is 7.19. The molecule has 3 aromatic carbocycles. The second kappa shape index (κ2) is 13.8. The number of ether oxygens (including phenoxy) is 4. The predicted octanol–water partition coefficient (Wildman–Crippen LogP) is 2.76. The van der Waals surface area contributed by atoms with E-state index in [1.807, 2.05) is 36.4 Å². The van der Waals surface area contributed by atoms with Crippen LogP contribution in [-0.4, -0.2) is 51.7 Å². The molecule has 0 unspecified atom stereocenters. The number of methoxy groups -OCH3 is 2. The summed E-state index contributed by atoms with van der Waals surface area (Å²) < 4.78 is 21.1. The number of nitrogens with zero attached hydrogens (tertiary/aromatic N) is 2. The Morgan fingerprint density at radius 2 is 1.08 bits per heavy atom. The molecule has 10 heteroatoms. The van der Waals surface area contributed by atoms with Crippen LogP contribution in [0.4, 0.5) is 0 Å². The fourth-order valence-electron chi connectivity index (χ4n) is 2.80. The Labute approximate surface area is 208 Å². The lowest BCUT2D eigenvalue weighted by Gasteiger charge is -2.08. The fourth-order valence-corrected chi connectivity index (χ4v) is 2.80. The minimum Gasteiger partial charge on any atom is -0.497 e. The Kier molecular flexibility index (Phi) is 9.84. The Hall–Kier alpha value is -4.86. The normalized spacial score (nSPS) is 10.7. The minimum atomic E-state index is -0.416. The molecule has 10 nitrogen and oxygen atoms in total. The first-order valence-electron chi connectivity index (χ1n) is 10.8. The molecule has 0 saturated carbocycles. The molecule has 0 heterocycles. The van der Waals surface area contributed by atoms with Crippen molar-refractivity contribution in [1.82, 2.24) is 10.9 Å². The van der Waals surface area contributed by atoms with Gasteiger partial charge in [0.15, 0.2) is 13.2 Å². The lowest BCUT2D eigenvalue weighted by atomic mass is 10.2. The second-order valence-electron chi connectivity index (χ2n) is 7.19. The molecule has 0 fully saturated rings. The van der Waals surface area contributed by atoms with Gasteiger partial charge in [0.25, 0.3) is 11.8 Å². The van der Waals surface area contributed by atoms with Crippen LogP contribution in [0.15, 0.2) is 83.0 Å². The maximum atomic E-state index is 11.9. The highest BCUT2D eigenvalue weighted by Gasteiger charge is 2.04. The molecule has 3 aromatic rings. The van der Waals surface area contributed by atoms with Gasteiger partial charge >= 0.3 is 0 Å². The fraction of sp³-hybridized carbons (Fsp3) is 0.154. The van der Waals surface area contributed by atoms with Crippen molar-refractivity contribution in [3.8, 4) is 23.0 Å². The maximum Gasteiger partial charge on any atom is 0.277 e. The van der Waals surface area contributed by atoms with Crippen LogP contribution in [0.2, 0.25) is 0 Å². The van der Waals surface area contributed by atoms with E-state index in [0.29, 0.717) is 23.0 Å². The number of benzene rings is 3. The molecule has 0 aliphatic carbocycles. The number of hydrogen-bond donors (Lipinski definition) is 2. The van der Waals surface area contributed by atoms with Gasteiger partial charge in [-0.2, -0.15) is 10.2 Å². The molecule has 0 aliphatic rings. The number of carbonyl (C=O) groups excluding carboxylic acids is 2. The SMILES string of the molecule is COc1cccc(/C=N/NC(=O)COc2ccc(OCC(=O)N/N=C/c3cccc(OC)c3)cc2)c1. The van der Waals surface area contributed by atoms with Gasteiger partial charge in [-0.15, -0.1) is 0 Å². The molecule has 0 spiro atoms. The topological polar surface area (TPSA) is 120 Å². The zero-order chi connectivity index (χ0) is 25.6. The summed E-state index contributed by atoms with van der Waals surface area (Å²) in [6.45, 7) is -0.438. The number of rotatable bonds is 12. The molecular weight excluding hydrogens is 464 g/mol. The van der Waals surface area contributed by atoms with Crippen LogP contribution in [0, 0.1) is 0 Å². The first kappa shape index (κ1) is 25.8. The van der Waals surface area contributed by atoms with E-state index in [-0.39, 0.29) is 13.2 Å². The quantitative estimate of drug-likeness (QED) is 0.298. The van der Waals surface area contributed by atoms with Crippen molar-refractivity contribution in [2.75, 3.05) is 27.4 Å². The lowest BCUT2D eigenvalue weighted by Crippen LogP contribution is -2.25. The highest BCUT2D eigenvalue weighted by Crippen LogP contribution is 2.17. The Balaban J connectivity index is 1.36. The van der Waals surface area contributed by atoms with Crippen LogP contribution in [-0.2, 0) is 9.59 Å². The Morgan fingerprint density at radius 1 is 0.667 bits per heavy atom. The molecule has 0 radical (unpaired) electrons. The zero-order valence-electron chi connectivity index (χ0n) is 19.8. The molecule has 0 aliphatic heterocycles. The third-order valence-electron chi connectivity index (χ3n) is 4.56. The smallest absolute Gasteiger partial charge is 0.277 e. The summed E-state index contributed by atoms with van der Waals surface area (Å²) in [6, 6.07) is 21.0. The summed E-state index contributed by atoms with van der Waals surface area (Å²) in [6.07, 6.45) is 3.01. The van der Waals surface area contributed by atoms with Crippen molar-refractivity contribution < 1.29 is 28.5 Å². The molecule has 2 N–H and O–H groups in total. The van der Waals surface area contributed by atoms with E-state index in [1.54, 1.807) is 50.6 Å². The average molecular weight is 491 g/mol. The number of carbonyl (C=O) groups is 2. The van der Waals surface area contributed by atoms with Crippen LogP contribution in [0.25, 0.3) is 0 Å². The summed E-state index contributed by atoms with van der Waals surface area (Å²) >= 11 is 0. The van der Waals surface area contributed by atoms with E-state index in [9.17, 15) is 9.59 Å². The van der Waals surface area contributed by atoms with Crippen molar-refractivity contribution >= 4 is 24.2 Å². The van der Waals surface area contributed by atoms with Gasteiger partial charge in [-0.25, -0.2) is 10.9 Å². The van der Waals surface area contributed by atoms with Crippen LogP contribution in [0.5, 0.6) is 23.0 Å². The third-order valence-corrected chi connectivity index (χ3v) is 4.56. The van der Waals surface area contributed by atoms with E-state index >= 15 is 0 Å². The molecule has 0 atom stereocenters. The Bertz CT molecular complexity index is 1120. The molecule has 186 valence electrons. The van der Waals surface area contributed by atoms with E-state index < -0.39 is 11.8 Å². The highest BCUT2D eigenvalue weighted by molar-refractivity contribution is 5.84. The number of nitrogens with one attached hydrogen (secondary N) is 2. The molecule has 0 saturated heterocycles. The van der Waals surface area contributed by atoms with E-state index in [0.717, 1.165) is 11.1 Å². The van der Waals surface area contributed by atoms with Gasteiger partial charge in [-0.05, 0) is 59.7 Å². The summed E-state index contributed by atoms with van der Waals surface area (Å²) in [5.74, 6) is 1.48. The van der Waals surface area contributed by atoms with E-state index in [1.165, 1.54) is 12.4 Å². The van der Waals surface area contributed by atoms with Gasteiger partial charge in [-0.1, -0.05) is 24.3 Å². The first-order chi connectivity index (χ1) is 17.6. The van der Waals surface area contributed by atoms with E-state index in [2.05, 4.69) is 21.1 Å². The summed E-state index contributed by atoms with van der Waals surface area (Å²) in [5, 5.41) is 7.79. The minimum absolute atomic E-state index is 0.219. The van der Waals surface area contributed by atoms with Gasteiger partial charge in [0.05, 0.1) is 26.6 Å². The Morgan fingerprint density at radius 3 is 1.47 bits per heavy atom. The third kappa shape index (κ3) is 8.82. The average Bonchev–Trinajstić information content (AvgIpc) is 2.91. The molecule has 3 rings (SSSR count). The van der Waals surface area contributed by atoms with Crippen LogP contribution in [0.3, 0.4) is 0 Å². The molecular formula is C26H26N4O6. The summed E-state index contributed by atoms with van der Waals surface area (Å²) in [7, 11) is 3.15. The number of amides is 2. The monoisotopic (exact) mass is 490 g/mol. The van der Waals surface area contributed by atoms with Crippen LogP contribution in [0.1, 0.15) is 11.1 Å². The van der Waals surface area contributed by atoms with Crippen LogP contribution < -0.4 is 29.8 Å². The summed E-state index contributed by atoms with van der Waals surface area (Å²) in [5.41, 5.74) is 6.35. The molecule has 2 amide bonds. The molecule has 0 aromatic heterocycles. The van der Waals surface area contributed by atoms with Gasteiger partial charge < -0.3 is 18.9 Å². The molecule has 36 heavy (non-hydrogen) atoms. The van der Waals surface area contributed by atoms with Gasteiger partial charge in [-0.3, -0.25) is 9.59 Å². The van der Waals surface area contributed by atoms with Crippen molar-refractivity contribution in [2.45, 2.75) is 0 Å². The maximum absolute atomic E-state index is 11.9. The lowest BCUT2D eigenvalue weighted by molar-refractivity contribution is -0.123. The first-order valence-corrected chi connectivity index (χ1v) is 10.8. The predicted molar refractivity (Wildman–Crippen MR) is 135 cm³/mol. The standard InChI is InChI=1S/C26H26N4O6/c1-33-23-7-3-5-19(13-23)15-27-29-25(31)17-35-21-9-11-22(12-10-21)36-18-26(32)30-28-16-20-6-4-8-24(14-20)34-2/h3-16H,17-18H2,1-2H3,(H,29,31)(H,30,32)/b27-15+,28-16+. The van der Waals surface area contributed by atoms with Crippen molar-refractivity contribution in [3.05, 3.63) is 83.9 Å².